The van der Waals surface area contributed by atoms with Crippen LogP contribution in [-0.2, 0) is 19.1 Å². The predicted octanol–water partition coefficient (Wildman–Crippen LogP) is 15.4. The van der Waals surface area contributed by atoms with Crippen LogP contribution in [0.15, 0.2) is 37.0 Å². The summed E-state index contributed by atoms with van der Waals surface area (Å²) in [5.74, 6) is -0.0112. The zero-order valence-corrected chi connectivity index (χ0v) is 30.6. The first-order chi connectivity index (χ1) is 27.7. The van der Waals surface area contributed by atoms with Crippen LogP contribution in [0.1, 0.15) is 228 Å². The van der Waals surface area contributed by atoms with Gasteiger partial charge in [-0.25, -0.2) is 0 Å². The Morgan fingerprint density at radius 3 is 1.87 bits per heavy atom. The Morgan fingerprint density at radius 2 is 1.23 bits per heavy atom. The molecule has 0 aromatic carbocycles. The molecule has 0 amide bonds. The predicted molar refractivity (Wildman–Crippen MR) is 216 cm³/mol. The van der Waals surface area contributed by atoms with Crippen molar-refractivity contribution in [1.29, 1.82) is 0 Å². The van der Waals surface area contributed by atoms with Gasteiger partial charge in [0.05, 0.1) is 13.2 Å². The van der Waals surface area contributed by atoms with Crippen molar-refractivity contribution in [1.82, 2.24) is 0 Å². The molecule has 0 radical (unpaired) electrons. The van der Waals surface area contributed by atoms with E-state index in [0.29, 0.717) is 26.1 Å². The second kappa shape index (κ2) is 42.2. The van der Waals surface area contributed by atoms with Crippen LogP contribution in [0.2, 0.25) is 0 Å². The van der Waals surface area contributed by atoms with Crippen molar-refractivity contribution in [3.8, 4) is 0 Å². The van der Waals surface area contributed by atoms with E-state index in [9.17, 15) is 9.59 Å². The molecule has 47 heavy (non-hydrogen) atoms. The molecule has 0 aromatic heterocycles. The zero-order chi connectivity index (χ0) is 43.4. The third-order valence-corrected chi connectivity index (χ3v) is 8.65. The second-order valence-corrected chi connectivity index (χ2v) is 13.2. The van der Waals surface area contributed by atoms with Gasteiger partial charge in [0.1, 0.15) is 0 Å². The van der Waals surface area contributed by atoms with Gasteiger partial charge in [0.15, 0.2) is 0 Å². The van der Waals surface area contributed by atoms with Crippen molar-refractivity contribution in [3.63, 3.8) is 0 Å². The van der Waals surface area contributed by atoms with Gasteiger partial charge in [0, 0.05) is 27.7 Å². The van der Waals surface area contributed by atoms with Crippen LogP contribution in [0.5, 0.6) is 0 Å². The van der Waals surface area contributed by atoms with Crippen LogP contribution < -0.4 is 0 Å². The zero-order valence-electron chi connectivity index (χ0n) is 40.6. The quantitative estimate of drug-likeness (QED) is 0.0649. The summed E-state index contributed by atoms with van der Waals surface area (Å²) in [6, 6.07) is 0. The molecule has 0 saturated heterocycles. The highest BCUT2D eigenvalue weighted by atomic mass is 16.5. The standard InChI is InChI=1S/C26H48O2.C16H28O2.CH4.5H2/c1-3-5-7-9-11-12-13-14-15-16-17-18-19-20-22-24-26(27)28-25-23-21-10-8-6-4-2;17-16-14-12-10-8-6-4-2-1-3-5-7-9-11-13-15-18-16;;;;;;/h4,14-15H,2-3,5-13,16-25H2,1H3;3,5H,1-2,4,6-15H2;1H4;5*1H/b15-14-;;;;;;;/i;;;5*1+1D. The van der Waals surface area contributed by atoms with E-state index >= 15 is 0 Å². The molecule has 1 aliphatic rings. The lowest BCUT2D eigenvalue weighted by Gasteiger charge is -2.05. The molecule has 4 heteroatoms. The molecule has 1 heterocycles. The Labute approximate surface area is 309 Å². The molecular weight excluding hydrogens is 580 g/mol. The maximum Gasteiger partial charge on any atom is 0.305 e. The lowest BCUT2D eigenvalue weighted by Crippen LogP contribution is -2.05. The number of esters is 2. The van der Waals surface area contributed by atoms with Crippen LogP contribution in [0.4, 0.5) is 0 Å². The minimum Gasteiger partial charge on any atom is -0.466 e. The van der Waals surface area contributed by atoms with E-state index in [1.807, 2.05) is 6.08 Å². The largest absolute Gasteiger partial charge is 0.466 e. The van der Waals surface area contributed by atoms with Crippen molar-refractivity contribution >= 4 is 11.9 Å². The molecular formula is C43H90O4. The van der Waals surface area contributed by atoms with Crippen molar-refractivity contribution in [3.05, 3.63) is 37.0 Å². The normalized spacial score (nSPS) is 16.0. The highest BCUT2D eigenvalue weighted by Crippen LogP contribution is 2.12. The summed E-state index contributed by atoms with van der Waals surface area (Å²) in [6.07, 6.45) is 48.1. The maximum absolute atomic E-state index is 11.7. The Morgan fingerprint density at radius 1 is 0.723 bits per heavy atom. The molecule has 286 valence electrons. The number of hydrogen-bond acceptors (Lipinski definition) is 4. The fourth-order valence-corrected chi connectivity index (χ4v) is 5.62. The lowest BCUT2D eigenvalue weighted by atomic mass is 10.1. The van der Waals surface area contributed by atoms with E-state index in [-0.39, 0.29) is 19.4 Å². The summed E-state index contributed by atoms with van der Waals surface area (Å²) in [6.45, 7) is 7.20. The summed E-state index contributed by atoms with van der Waals surface area (Å²) < 4.78 is 60.5. The van der Waals surface area contributed by atoms with E-state index in [4.69, 9.17) is 24.3 Å². The molecule has 0 saturated carbocycles. The molecule has 1 rings (SSSR count). The van der Waals surface area contributed by atoms with Crippen molar-refractivity contribution in [2.75, 3.05) is 13.2 Å². The first-order valence-corrected chi connectivity index (χ1v) is 19.9. The van der Waals surface area contributed by atoms with Gasteiger partial charge in [-0.15, -0.1) is 6.58 Å². The highest BCUT2D eigenvalue weighted by molar-refractivity contribution is 5.69. The molecule has 1 aliphatic heterocycles. The molecule has 0 aromatic rings. The number of ether oxygens (including phenoxy) is 2. The molecule has 0 unspecified atom stereocenters. The topological polar surface area (TPSA) is 52.6 Å². The number of rotatable bonds is 22. The van der Waals surface area contributed by atoms with Gasteiger partial charge < -0.3 is 9.47 Å². The van der Waals surface area contributed by atoms with Crippen molar-refractivity contribution in [2.45, 2.75) is 213 Å². The van der Waals surface area contributed by atoms with Gasteiger partial charge in [-0.3, -0.25) is 9.59 Å². The van der Waals surface area contributed by atoms with E-state index < -0.39 is 0 Å². The number of cyclic esters (lactones) is 1. The smallest absolute Gasteiger partial charge is 0.305 e. The van der Waals surface area contributed by atoms with Crippen LogP contribution in [0.3, 0.4) is 0 Å². The molecule has 0 fully saturated rings. The average Bonchev–Trinajstić information content (AvgIpc) is 3.25. The van der Waals surface area contributed by atoms with Gasteiger partial charge in [-0.05, 0) is 96.3 Å². The number of allylic oxidation sites excluding steroid dienone is 5. The first kappa shape index (κ1) is 38.0. The van der Waals surface area contributed by atoms with Crippen LogP contribution >= 0.6 is 0 Å². The number of carbonyl (C=O) groups is 2. The summed E-state index contributed by atoms with van der Waals surface area (Å²) in [5, 5.41) is 0. The minimum atomic E-state index is -0.0104. The summed E-state index contributed by atoms with van der Waals surface area (Å²) in [5.41, 5.74) is 0. The van der Waals surface area contributed by atoms with Crippen LogP contribution in [0.25, 0.3) is 0 Å². The van der Waals surface area contributed by atoms with Crippen molar-refractivity contribution in [2.24, 2.45) is 0 Å². The third-order valence-electron chi connectivity index (χ3n) is 8.65. The van der Waals surface area contributed by atoms with E-state index in [0.717, 1.165) is 51.4 Å². The third kappa shape index (κ3) is 42.1. The molecule has 0 bridgehead atoms. The number of carbonyl (C=O) groups excluding carboxylic acids is 2. The van der Waals surface area contributed by atoms with Gasteiger partial charge in [-0.2, -0.15) is 0 Å². The Bertz CT molecular complexity index is 749. The number of hydrogen-bond donors (Lipinski definition) is 0. The van der Waals surface area contributed by atoms with Gasteiger partial charge in [0.25, 0.3) is 0 Å². The Kier molecular flexibility index (Phi) is 34.1. The second-order valence-electron chi connectivity index (χ2n) is 13.2. The molecule has 0 atom stereocenters. The summed E-state index contributed by atoms with van der Waals surface area (Å²) in [4.78, 5) is 23.1. The van der Waals surface area contributed by atoms with E-state index in [1.54, 1.807) is 0 Å². The highest BCUT2D eigenvalue weighted by Gasteiger charge is 2.03. The summed E-state index contributed by atoms with van der Waals surface area (Å²) in [7, 11) is 0. The Balaban J connectivity index is -0.000000148. The van der Waals surface area contributed by atoms with Gasteiger partial charge >= 0.3 is 11.9 Å². The summed E-state index contributed by atoms with van der Waals surface area (Å²) >= 11 is 0. The molecule has 0 spiro atoms. The number of unbranched alkanes of at least 4 members (excludes halogenated alkanes) is 15. The molecule has 0 aliphatic carbocycles. The van der Waals surface area contributed by atoms with Crippen LogP contribution in [-0.4, -0.2) is 25.2 Å². The fourth-order valence-electron chi connectivity index (χ4n) is 5.62. The SMILES string of the molecule is C.C=CCCCCCCOC(=O)CCCCCCC/C=C\CCCCCCCC.O=C1CCCCCCCCC=CCCCCCO1.[2H][2H].[2H][2H].[2H][2H].[2H][2H].[2H][2H]. The maximum atomic E-state index is 11.7. The van der Waals surface area contributed by atoms with E-state index in [2.05, 4.69) is 37.8 Å². The fraction of sp³-hybridized carbons (Fsp3) is 0.814. The monoisotopic (exact) mass is 681 g/mol. The van der Waals surface area contributed by atoms with Crippen molar-refractivity contribution < 1.29 is 33.9 Å². The molecule has 4 nitrogen and oxygen atoms in total. The van der Waals surface area contributed by atoms with E-state index in [1.165, 1.54) is 135 Å². The average molecular weight is 681 g/mol. The first-order valence-electron chi connectivity index (χ1n) is 24.9. The Hall–Kier alpha value is -1.84. The molecule has 0 N–H and O–H groups in total. The minimum absolute atomic E-state index is 0. The van der Waals surface area contributed by atoms with Crippen LogP contribution in [0, 0.1) is 0 Å². The lowest BCUT2D eigenvalue weighted by molar-refractivity contribution is -0.144. The van der Waals surface area contributed by atoms with Gasteiger partial charge in [-0.1, -0.05) is 135 Å². The van der Waals surface area contributed by atoms with Gasteiger partial charge in [0.2, 0.25) is 0 Å².